The summed E-state index contributed by atoms with van der Waals surface area (Å²) < 4.78 is 5.62. The molecule has 0 radical (unpaired) electrons. The van der Waals surface area contributed by atoms with E-state index in [1.807, 2.05) is 0 Å². The quantitative estimate of drug-likeness (QED) is 0.824. The Morgan fingerprint density at radius 3 is 2.58 bits per heavy atom. The van der Waals surface area contributed by atoms with Crippen molar-refractivity contribution in [3.63, 3.8) is 0 Å². The molecule has 19 heavy (non-hydrogen) atoms. The minimum absolute atomic E-state index is 0.0867. The van der Waals surface area contributed by atoms with Crippen LogP contribution in [0.3, 0.4) is 0 Å². The van der Waals surface area contributed by atoms with Crippen LogP contribution in [0.4, 0.5) is 0 Å². The number of ether oxygens (including phenoxy) is 1. The lowest BCUT2D eigenvalue weighted by Gasteiger charge is -2.40. The molecule has 2 heterocycles. The molecule has 1 spiro atoms. The zero-order chi connectivity index (χ0) is 13.1. The number of rotatable bonds is 2. The standard InChI is InChI=1S/C15H26N2O2/c18-14(11-13-12-16-7-10-19-13)17-8-5-15(6-9-17)3-1-2-4-15/h13,16H,1-12H2. The lowest BCUT2D eigenvalue weighted by molar-refractivity contribution is -0.137. The topological polar surface area (TPSA) is 41.6 Å². The van der Waals surface area contributed by atoms with E-state index in [0.29, 0.717) is 17.7 Å². The van der Waals surface area contributed by atoms with Gasteiger partial charge in [0.1, 0.15) is 0 Å². The zero-order valence-corrected chi connectivity index (χ0v) is 11.8. The van der Waals surface area contributed by atoms with Gasteiger partial charge in [-0.15, -0.1) is 0 Å². The molecule has 1 unspecified atom stereocenters. The molecular formula is C15H26N2O2. The molecule has 3 aliphatic rings. The maximum absolute atomic E-state index is 12.3. The highest BCUT2D eigenvalue weighted by Crippen LogP contribution is 2.46. The number of amides is 1. The van der Waals surface area contributed by atoms with Crippen LogP contribution in [-0.4, -0.2) is 49.7 Å². The van der Waals surface area contributed by atoms with Crippen molar-refractivity contribution in [3.8, 4) is 0 Å². The summed E-state index contributed by atoms with van der Waals surface area (Å²) in [6.07, 6.45) is 8.68. The number of likely N-dealkylation sites (tertiary alicyclic amines) is 1. The smallest absolute Gasteiger partial charge is 0.225 e. The van der Waals surface area contributed by atoms with Gasteiger partial charge in [-0.25, -0.2) is 0 Å². The summed E-state index contributed by atoms with van der Waals surface area (Å²) in [5, 5.41) is 3.29. The first-order chi connectivity index (χ1) is 9.27. The monoisotopic (exact) mass is 266 g/mol. The van der Waals surface area contributed by atoms with Gasteiger partial charge in [0.05, 0.1) is 19.1 Å². The summed E-state index contributed by atoms with van der Waals surface area (Å²) in [5.74, 6) is 0.293. The number of nitrogens with one attached hydrogen (secondary N) is 1. The maximum atomic E-state index is 12.3. The van der Waals surface area contributed by atoms with E-state index in [0.717, 1.165) is 32.8 Å². The molecule has 1 N–H and O–H groups in total. The summed E-state index contributed by atoms with van der Waals surface area (Å²) in [7, 11) is 0. The third-order valence-electron chi connectivity index (χ3n) is 5.25. The Morgan fingerprint density at radius 1 is 1.21 bits per heavy atom. The minimum atomic E-state index is 0.0867. The number of hydrogen-bond acceptors (Lipinski definition) is 3. The molecular weight excluding hydrogens is 240 g/mol. The first kappa shape index (κ1) is 13.4. The van der Waals surface area contributed by atoms with Crippen LogP contribution in [0.2, 0.25) is 0 Å². The Hall–Kier alpha value is -0.610. The number of piperidine rings is 1. The van der Waals surface area contributed by atoms with E-state index in [1.54, 1.807) is 0 Å². The Morgan fingerprint density at radius 2 is 1.95 bits per heavy atom. The molecule has 4 heteroatoms. The van der Waals surface area contributed by atoms with Gasteiger partial charge in [0, 0.05) is 26.2 Å². The normalized spacial score (nSPS) is 30.7. The Labute approximate surface area is 115 Å². The fourth-order valence-electron chi connectivity index (χ4n) is 3.93. The van der Waals surface area contributed by atoms with Crippen molar-refractivity contribution in [2.75, 3.05) is 32.8 Å². The molecule has 2 saturated heterocycles. The van der Waals surface area contributed by atoms with E-state index in [2.05, 4.69) is 10.2 Å². The number of nitrogens with zero attached hydrogens (tertiary/aromatic N) is 1. The summed E-state index contributed by atoms with van der Waals surface area (Å²) in [4.78, 5) is 14.4. The van der Waals surface area contributed by atoms with Gasteiger partial charge in [-0.2, -0.15) is 0 Å². The molecule has 3 rings (SSSR count). The molecule has 0 aromatic heterocycles. The highest BCUT2D eigenvalue weighted by molar-refractivity contribution is 5.76. The van der Waals surface area contributed by atoms with Crippen LogP contribution in [0.25, 0.3) is 0 Å². The van der Waals surface area contributed by atoms with Gasteiger partial charge in [-0.3, -0.25) is 4.79 Å². The molecule has 4 nitrogen and oxygen atoms in total. The van der Waals surface area contributed by atoms with Crippen LogP contribution < -0.4 is 5.32 Å². The molecule has 3 fully saturated rings. The molecule has 0 aromatic rings. The van der Waals surface area contributed by atoms with Gasteiger partial charge in [-0.1, -0.05) is 12.8 Å². The molecule has 1 saturated carbocycles. The van der Waals surface area contributed by atoms with Gasteiger partial charge >= 0.3 is 0 Å². The molecule has 0 aromatic carbocycles. The summed E-state index contributed by atoms with van der Waals surface area (Å²) in [6, 6.07) is 0. The second-order valence-electron chi connectivity index (χ2n) is 6.49. The van der Waals surface area contributed by atoms with Crippen LogP contribution in [-0.2, 0) is 9.53 Å². The predicted octanol–water partition coefficient (Wildman–Crippen LogP) is 1.55. The molecule has 1 aliphatic carbocycles. The molecule has 2 aliphatic heterocycles. The van der Waals surface area contributed by atoms with Gasteiger partial charge < -0.3 is 15.0 Å². The average Bonchev–Trinajstić information content (AvgIpc) is 2.89. The Kier molecular flexibility index (Phi) is 4.08. The van der Waals surface area contributed by atoms with Crippen LogP contribution >= 0.6 is 0 Å². The largest absolute Gasteiger partial charge is 0.375 e. The first-order valence-corrected chi connectivity index (χ1v) is 7.88. The van der Waals surface area contributed by atoms with Crippen LogP contribution in [0.15, 0.2) is 0 Å². The van der Waals surface area contributed by atoms with E-state index >= 15 is 0 Å². The van der Waals surface area contributed by atoms with Gasteiger partial charge in [0.2, 0.25) is 5.91 Å². The van der Waals surface area contributed by atoms with Crippen molar-refractivity contribution in [1.82, 2.24) is 10.2 Å². The van der Waals surface area contributed by atoms with Crippen LogP contribution in [0, 0.1) is 5.41 Å². The van der Waals surface area contributed by atoms with Crippen molar-refractivity contribution in [3.05, 3.63) is 0 Å². The van der Waals surface area contributed by atoms with Crippen molar-refractivity contribution < 1.29 is 9.53 Å². The second-order valence-corrected chi connectivity index (χ2v) is 6.49. The Balaban J connectivity index is 1.46. The number of carbonyl (C=O) groups is 1. The van der Waals surface area contributed by atoms with E-state index in [9.17, 15) is 4.79 Å². The number of hydrogen-bond donors (Lipinski definition) is 1. The molecule has 1 atom stereocenters. The lowest BCUT2D eigenvalue weighted by atomic mass is 9.77. The second kappa shape index (κ2) is 5.80. The number of morpholine rings is 1. The van der Waals surface area contributed by atoms with E-state index in [-0.39, 0.29) is 6.10 Å². The van der Waals surface area contributed by atoms with Crippen molar-refractivity contribution in [1.29, 1.82) is 0 Å². The fraction of sp³-hybridized carbons (Fsp3) is 0.933. The SMILES string of the molecule is O=C(CC1CNCCO1)N1CCC2(CCCC2)CC1. The van der Waals surface area contributed by atoms with Crippen molar-refractivity contribution >= 4 is 5.91 Å². The molecule has 108 valence electrons. The van der Waals surface area contributed by atoms with Gasteiger partial charge in [0.15, 0.2) is 0 Å². The summed E-state index contributed by atoms with van der Waals surface area (Å²) in [6.45, 7) is 4.42. The van der Waals surface area contributed by atoms with Gasteiger partial charge in [-0.05, 0) is 31.1 Å². The lowest BCUT2D eigenvalue weighted by Crippen LogP contribution is -2.46. The van der Waals surface area contributed by atoms with Gasteiger partial charge in [0.25, 0.3) is 0 Å². The number of carbonyl (C=O) groups excluding carboxylic acids is 1. The summed E-state index contributed by atoms with van der Waals surface area (Å²) >= 11 is 0. The van der Waals surface area contributed by atoms with Crippen LogP contribution in [0.5, 0.6) is 0 Å². The van der Waals surface area contributed by atoms with E-state index < -0.39 is 0 Å². The minimum Gasteiger partial charge on any atom is -0.375 e. The highest BCUT2D eigenvalue weighted by Gasteiger charge is 2.38. The van der Waals surface area contributed by atoms with E-state index in [4.69, 9.17) is 4.74 Å². The third kappa shape index (κ3) is 3.11. The maximum Gasteiger partial charge on any atom is 0.225 e. The fourth-order valence-corrected chi connectivity index (χ4v) is 3.93. The third-order valence-corrected chi connectivity index (χ3v) is 5.25. The first-order valence-electron chi connectivity index (χ1n) is 7.88. The van der Waals surface area contributed by atoms with E-state index in [1.165, 1.54) is 38.5 Å². The predicted molar refractivity (Wildman–Crippen MR) is 73.9 cm³/mol. The molecule has 0 bridgehead atoms. The Bertz CT molecular complexity index is 310. The highest BCUT2D eigenvalue weighted by atomic mass is 16.5. The summed E-state index contributed by atoms with van der Waals surface area (Å²) in [5.41, 5.74) is 0.597. The zero-order valence-electron chi connectivity index (χ0n) is 11.8. The van der Waals surface area contributed by atoms with Crippen LogP contribution in [0.1, 0.15) is 44.9 Å². The van der Waals surface area contributed by atoms with Crippen molar-refractivity contribution in [2.24, 2.45) is 5.41 Å². The molecule has 1 amide bonds. The average molecular weight is 266 g/mol. The van der Waals surface area contributed by atoms with Crippen molar-refractivity contribution in [2.45, 2.75) is 51.0 Å².